The number of hydrogen-bond donors (Lipinski definition) is 2. The predicted octanol–water partition coefficient (Wildman–Crippen LogP) is 4.23. The van der Waals surface area contributed by atoms with Gasteiger partial charge in [-0.05, 0) is 43.4 Å². The van der Waals surface area contributed by atoms with E-state index < -0.39 is 0 Å². The SMILES string of the molecule is CCC(=O)Nc1sc2c(c1C(=O)Nc1ccccc1)CCCC2. The van der Waals surface area contributed by atoms with E-state index >= 15 is 0 Å². The van der Waals surface area contributed by atoms with Crippen LogP contribution in [0.5, 0.6) is 0 Å². The zero-order valence-electron chi connectivity index (χ0n) is 13.1. The fourth-order valence-electron chi connectivity index (χ4n) is 2.82. The van der Waals surface area contributed by atoms with Gasteiger partial charge in [0, 0.05) is 17.0 Å². The quantitative estimate of drug-likeness (QED) is 0.882. The number of amides is 2. The lowest BCUT2D eigenvalue weighted by molar-refractivity contribution is -0.115. The Morgan fingerprint density at radius 3 is 2.57 bits per heavy atom. The molecule has 5 heteroatoms. The third-order valence-corrected chi connectivity index (χ3v) is 5.21. The van der Waals surface area contributed by atoms with Gasteiger partial charge in [0.15, 0.2) is 0 Å². The lowest BCUT2D eigenvalue weighted by Crippen LogP contribution is -2.18. The number of carbonyl (C=O) groups excluding carboxylic acids is 2. The topological polar surface area (TPSA) is 58.2 Å². The molecule has 120 valence electrons. The molecule has 0 unspecified atom stereocenters. The van der Waals surface area contributed by atoms with Crippen molar-refractivity contribution in [1.82, 2.24) is 0 Å². The summed E-state index contributed by atoms with van der Waals surface area (Å²) in [7, 11) is 0. The Labute approximate surface area is 139 Å². The summed E-state index contributed by atoms with van der Waals surface area (Å²) in [6, 6.07) is 9.41. The molecule has 1 aromatic carbocycles. The number of fused-ring (bicyclic) bond motifs is 1. The van der Waals surface area contributed by atoms with Crippen LogP contribution >= 0.6 is 11.3 Å². The van der Waals surface area contributed by atoms with Gasteiger partial charge in [0.2, 0.25) is 5.91 Å². The largest absolute Gasteiger partial charge is 0.322 e. The molecule has 2 N–H and O–H groups in total. The third kappa shape index (κ3) is 3.45. The maximum absolute atomic E-state index is 12.8. The summed E-state index contributed by atoms with van der Waals surface area (Å²) in [5, 5.41) is 6.54. The van der Waals surface area contributed by atoms with Crippen LogP contribution in [0.4, 0.5) is 10.7 Å². The molecular weight excluding hydrogens is 308 g/mol. The van der Waals surface area contributed by atoms with Crippen molar-refractivity contribution in [3.05, 3.63) is 46.3 Å². The van der Waals surface area contributed by atoms with E-state index in [-0.39, 0.29) is 11.8 Å². The normalized spacial score (nSPS) is 13.3. The van der Waals surface area contributed by atoms with Crippen LogP contribution in [-0.2, 0) is 17.6 Å². The first-order valence-electron chi connectivity index (χ1n) is 7.99. The van der Waals surface area contributed by atoms with E-state index in [1.54, 1.807) is 11.3 Å². The minimum Gasteiger partial charge on any atom is -0.322 e. The molecule has 1 aliphatic carbocycles. The molecule has 0 spiro atoms. The number of rotatable bonds is 4. The van der Waals surface area contributed by atoms with Gasteiger partial charge in [-0.1, -0.05) is 25.1 Å². The molecule has 2 amide bonds. The highest BCUT2D eigenvalue weighted by Gasteiger charge is 2.26. The molecule has 0 fully saturated rings. The van der Waals surface area contributed by atoms with Gasteiger partial charge in [-0.15, -0.1) is 11.3 Å². The second kappa shape index (κ2) is 6.96. The minimum absolute atomic E-state index is 0.0580. The Morgan fingerprint density at radius 2 is 1.83 bits per heavy atom. The predicted molar refractivity (Wildman–Crippen MR) is 94.3 cm³/mol. The van der Waals surface area contributed by atoms with Crippen LogP contribution in [0.15, 0.2) is 30.3 Å². The van der Waals surface area contributed by atoms with Crippen molar-refractivity contribution in [3.8, 4) is 0 Å². The molecule has 0 radical (unpaired) electrons. The van der Waals surface area contributed by atoms with E-state index in [0.29, 0.717) is 17.0 Å². The van der Waals surface area contributed by atoms with Crippen molar-refractivity contribution in [3.63, 3.8) is 0 Å². The summed E-state index contributed by atoms with van der Waals surface area (Å²) in [6.45, 7) is 1.81. The second-order valence-corrected chi connectivity index (χ2v) is 6.74. The van der Waals surface area contributed by atoms with Crippen LogP contribution in [0.3, 0.4) is 0 Å². The number of carbonyl (C=O) groups is 2. The standard InChI is InChI=1S/C18H20N2O2S/c1-2-15(21)20-18-16(13-10-6-7-11-14(13)23-18)17(22)19-12-8-4-3-5-9-12/h3-5,8-9H,2,6-7,10-11H2,1H3,(H,19,22)(H,20,21). The Hall–Kier alpha value is -2.14. The van der Waals surface area contributed by atoms with Crippen molar-refractivity contribution in [2.24, 2.45) is 0 Å². The van der Waals surface area contributed by atoms with E-state index in [2.05, 4.69) is 10.6 Å². The van der Waals surface area contributed by atoms with Crippen molar-refractivity contribution in [1.29, 1.82) is 0 Å². The van der Waals surface area contributed by atoms with E-state index in [4.69, 9.17) is 0 Å². The Bertz CT molecular complexity index is 722. The summed E-state index contributed by atoms with van der Waals surface area (Å²) in [5.41, 5.74) is 2.53. The molecule has 1 aliphatic rings. The maximum atomic E-state index is 12.8. The molecule has 0 saturated heterocycles. The molecular formula is C18H20N2O2S. The lowest BCUT2D eigenvalue weighted by atomic mass is 9.95. The number of anilines is 2. The average molecular weight is 328 g/mol. The fourth-order valence-corrected chi connectivity index (χ4v) is 4.13. The van der Waals surface area contributed by atoms with Gasteiger partial charge in [0.05, 0.1) is 5.56 Å². The van der Waals surface area contributed by atoms with Gasteiger partial charge in [0.1, 0.15) is 5.00 Å². The van der Waals surface area contributed by atoms with E-state index in [1.807, 2.05) is 37.3 Å². The van der Waals surface area contributed by atoms with E-state index in [9.17, 15) is 9.59 Å². The third-order valence-electron chi connectivity index (χ3n) is 4.00. The Kier molecular flexibility index (Phi) is 4.76. The van der Waals surface area contributed by atoms with Crippen LogP contribution in [-0.4, -0.2) is 11.8 Å². The molecule has 1 heterocycles. The highest BCUT2D eigenvalue weighted by atomic mass is 32.1. The smallest absolute Gasteiger partial charge is 0.258 e. The Balaban J connectivity index is 1.93. The molecule has 0 saturated carbocycles. The van der Waals surface area contributed by atoms with Crippen LogP contribution in [0.2, 0.25) is 0 Å². The van der Waals surface area contributed by atoms with Gasteiger partial charge < -0.3 is 10.6 Å². The van der Waals surface area contributed by atoms with Gasteiger partial charge in [-0.25, -0.2) is 0 Å². The molecule has 1 aromatic heterocycles. The van der Waals surface area contributed by atoms with Crippen molar-refractivity contribution in [2.45, 2.75) is 39.0 Å². The molecule has 4 nitrogen and oxygen atoms in total. The lowest BCUT2D eigenvalue weighted by Gasteiger charge is -2.13. The maximum Gasteiger partial charge on any atom is 0.258 e. The van der Waals surface area contributed by atoms with Crippen LogP contribution < -0.4 is 10.6 Å². The van der Waals surface area contributed by atoms with Gasteiger partial charge >= 0.3 is 0 Å². The first-order chi connectivity index (χ1) is 11.2. The summed E-state index contributed by atoms with van der Waals surface area (Å²) in [5.74, 6) is -0.195. The molecule has 3 rings (SSSR count). The highest BCUT2D eigenvalue weighted by molar-refractivity contribution is 7.17. The number of hydrogen-bond acceptors (Lipinski definition) is 3. The number of nitrogens with one attached hydrogen (secondary N) is 2. The van der Waals surface area contributed by atoms with E-state index in [0.717, 1.165) is 36.9 Å². The molecule has 0 bridgehead atoms. The number of aryl methyl sites for hydroxylation is 1. The number of benzene rings is 1. The first kappa shape index (κ1) is 15.7. The van der Waals surface area contributed by atoms with Crippen LogP contribution in [0.1, 0.15) is 47.0 Å². The molecule has 23 heavy (non-hydrogen) atoms. The first-order valence-corrected chi connectivity index (χ1v) is 8.81. The average Bonchev–Trinajstić information content (AvgIpc) is 2.93. The minimum atomic E-state index is -0.137. The number of para-hydroxylation sites is 1. The van der Waals surface area contributed by atoms with Crippen molar-refractivity contribution in [2.75, 3.05) is 10.6 Å². The summed E-state index contributed by atoms with van der Waals surface area (Å²) in [6.07, 6.45) is 4.55. The summed E-state index contributed by atoms with van der Waals surface area (Å²) < 4.78 is 0. The van der Waals surface area contributed by atoms with Gasteiger partial charge in [-0.3, -0.25) is 9.59 Å². The van der Waals surface area contributed by atoms with Gasteiger partial charge in [-0.2, -0.15) is 0 Å². The van der Waals surface area contributed by atoms with Crippen molar-refractivity contribution >= 4 is 33.8 Å². The zero-order chi connectivity index (χ0) is 16.2. The summed E-state index contributed by atoms with van der Waals surface area (Å²) >= 11 is 1.55. The van der Waals surface area contributed by atoms with Gasteiger partial charge in [0.25, 0.3) is 5.91 Å². The Morgan fingerprint density at radius 1 is 1.09 bits per heavy atom. The monoisotopic (exact) mass is 328 g/mol. The highest BCUT2D eigenvalue weighted by Crippen LogP contribution is 2.38. The van der Waals surface area contributed by atoms with Crippen LogP contribution in [0.25, 0.3) is 0 Å². The molecule has 0 atom stereocenters. The summed E-state index contributed by atoms with van der Waals surface area (Å²) in [4.78, 5) is 25.8. The van der Waals surface area contributed by atoms with Crippen molar-refractivity contribution < 1.29 is 9.59 Å². The second-order valence-electron chi connectivity index (χ2n) is 5.64. The van der Waals surface area contributed by atoms with E-state index in [1.165, 1.54) is 4.88 Å². The van der Waals surface area contributed by atoms with Crippen LogP contribution in [0, 0.1) is 0 Å². The molecule has 2 aromatic rings. The molecule has 0 aliphatic heterocycles. The fraction of sp³-hybridized carbons (Fsp3) is 0.333. The zero-order valence-corrected chi connectivity index (χ0v) is 14.0. The number of thiophene rings is 1.